The van der Waals surface area contributed by atoms with Crippen LogP contribution in [0.1, 0.15) is 40.1 Å². The molecule has 11 heteroatoms. The number of hydrogen-bond donors (Lipinski definition) is 0. The highest BCUT2D eigenvalue weighted by Gasteiger charge is 2.48. The number of anilines is 1. The minimum atomic E-state index is -4.26. The molecule has 3 fully saturated rings. The minimum Gasteiger partial charge on any atom is -0.378 e. The molecule has 0 N–H and O–H groups in total. The maximum absolute atomic E-state index is 14.9. The maximum atomic E-state index is 14.9. The van der Waals surface area contributed by atoms with Crippen LogP contribution in [-0.2, 0) is 17.6 Å². The third-order valence-corrected chi connectivity index (χ3v) is 9.07. The van der Waals surface area contributed by atoms with Gasteiger partial charge in [0.25, 0.3) is 5.91 Å². The summed E-state index contributed by atoms with van der Waals surface area (Å²) in [5.41, 5.74) is 1.12. The number of benzene rings is 1. The Hall–Kier alpha value is -2.79. The van der Waals surface area contributed by atoms with Crippen molar-refractivity contribution in [2.45, 2.75) is 38.3 Å². The average molecular weight is 549 g/mol. The quantitative estimate of drug-likeness (QED) is 0.408. The van der Waals surface area contributed by atoms with Crippen LogP contribution in [0.4, 0.5) is 23.4 Å². The lowest BCUT2D eigenvalue weighted by Crippen LogP contribution is -2.41. The van der Waals surface area contributed by atoms with Crippen LogP contribution in [-0.4, -0.2) is 66.3 Å². The second-order valence-electron chi connectivity index (χ2n) is 10.8. The molecule has 1 aromatic carbocycles. The summed E-state index contributed by atoms with van der Waals surface area (Å²) in [6.07, 6.45) is -0.255. The second kappa shape index (κ2) is 9.75. The molecular formula is C27H28F4N4O2S. The van der Waals surface area contributed by atoms with Crippen molar-refractivity contribution in [2.24, 2.45) is 11.3 Å². The number of hydrogen-bond acceptors (Lipinski definition) is 6. The molecule has 202 valence electrons. The lowest BCUT2D eigenvalue weighted by molar-refractivity contribution is -0.126. The molecule has 0 bridgehead atoms. The zero-order valence-electron chi connectivity index (χ0n) is 20.8. The molecule has 2 aromatic heterocycles. The molecule has 1 aliphatic carbocycles. The van der Waals surface area contributed by atoms with Crippen LogP contribution in [0.25, 0.3) is 10.2 Å². The topological polar surface area (TPSA) is 58.6 Å². The smallest absolute Gasteiger partial charge is 0.378 e. The number of ether oxygens (including phenoxy) is 1. The number of aromatic nitrogens is 2. The normalized spacial score (nSPS) is 23.8. The number of alkyl halides is 3. The Morgan fingerprint density at radius 1 is 1.13 bits per heavy atom. The fourth-order valence-corrected chi connectivity index (χ4v) is 7.31. The van der Waals surface area contributed by atoms with Crippen LogP contribution in [0.5, 0.6) is 0 Å². The molecule has 2 saturated heterocycles. The van der Waals surface area contributed by atoms with Crippen LogP contribution >= 0.6 is 11.3 Å². The Labute approximate surface area is 221 Å². The van der Waals surface area contributed by atoms with Crippen molar-refractivity contribution in [2.75, 3.05) is 44.3 Å². The van der Waals surface area contributed by atoms with Gasteiger partial charge in [-0.1, -0.05) is 6.07 Å². The van der Waals surface area contributed by atoms with Crippen molar-refractivity contribution in [1.29, 1.82) is 0 Å². The van der Waals surface area contributed by atoms with Crippen LogP contribution in [0, 0.1) is 17.2 Å². The van der Waals surface area contributed by atoms with E-state index < -0.39 is 12.6 Å². The molecule has 6 rings (SSSR count). The molecule has 3 aliphatic rings. The van der Waals surface area contributed by atoms with E-state index in [-0.39, 0.29) is 22.0 Å². The molecule has 3 aromatic rings. The highest BCUT2D eigenvalue weighted by atomic mass is 32.1. The summed E-state index contributed by atoms with van der Waals surface area (Å²) >= 11 is 1.07. The van der Waals surface area contributed by atoms with Crippen molar-refractivity contribution in [3.8, 4) is 0 Å². The number of morpholine rings is 1. The van der Waals surface area contributed by atoms with Gasteiger partial charge in [0.15, 0.2) is 0 Å². The Morgan fingerprint density at radius 3 is 2.66 bits per heavy atom. The predicted molar refractivity (Wildman–Crippen MR) is 136 cm³/mol. The predicted octanol–water partition coefficient (Wildman–Crippen LogP) is 5.26. The Bertz CT molecular complexity index is 1350. The summed E-state index contributed by atoms with van der Waals surface area (Å²) < 4.78 is 58.9. The number of nitrogens with zero attached hydrogens (tertiary/aromatic N) is 4. The first-order valence-electron chi connectivity index (χ1n) is 12.9. The maximum Gasteiger partial charge on any atom is 0.393 e. The summed E-state index contributed by atoms with van der Waals surface area (Å²) in [7, 11) is 0. The number of thiophene rings is 1. The second-order valence-corrected chi connectivity index (χ2v) is 11.9. The van der Waals surface area contributed by atoms with E-state index in [1.54, 1.807) is 23.1 Å². The average Bonchev–Trinajstić information content (AvgIpc) is 3.48. The third kappa shape index (κ3) is 5.10. The molecule has 38 heavy (non-hydrogen) atoms. The van der Waals surface area contributed by atoms with Crippen LogP contribution in [0.2, 0.25) is 0 Å². The molecule has 0 atom stereocenters. The molecule has 2 aliphatic heterocycles. The first kappa shape index (κ1) is 25.5. The molecule has 6 nitrogen and oxygen atoms in total. The standard InChI is InChI=1S/C27H28F4N4O2S/c28-22-10-19(25(36)34-5-7-37-8-6-34)2-1-18(22)9-17-12-26(13-17)3-4-35(15-26)23-21-11-20(14-27(29,30)31)38-24(21)33-16-32-23/h1-2,10-11,16-17H,3-9,12-15H2. The molecule has 1 spiro atoms. The summed E-state index contributed by atoms with van der Waals surface area (Å²) in [5, 5.41) is 0.679. The summed E-state index contributed by atoms with van der Waals surface area (Å²) in [6, 6.07) is 6.39. The first-order chi connectivity index (χ1) is 18.2. The van der Waals surface area contributed by atoms with Crippen molar-refractivity contribution in [1.82, 2.24) is 14.9 Å². The van der Waals surface area contributed by atoms with E-state index in [1.807, 2.05) is 0 Å². The van der Waals surface area contributed by atoms with Crippen LogP contribution in [0.15, 0.2) is 30.6 Å². The fourth-order valence-electron chi connectivity index (χ4n) is 6.29. The SMILES string of the molecule is O=C(c1ccc(CC2CC3(CCN(c4ncnc5sc(CC(F)(F)F)cc45)C3)C2)c(F)c1)N1CCOCC1. The molecule has 0 unspecified atom stereocenters. The van der Waals surface area contributed by atoms with E-state index in [1.165, 1.54) is 12.4 Å². The molecule has 4 heterocycles. The van der Waals surface area contributed by atoms with Gasteiger partial charge in [-0.3, -0.25) is 4.79 Å². The number of fused-ring (bicyclic) bond motifs is 1. The molecular weight excluding hydrogens is 520 g/mol. The number of carbonyl (C=O) groups is 1. The Balaban J connectivity index is 1.08. The van der Waals surface area contributed by atoms with Gasteiger partial charge in [0.2, 0.25) is 0 Å². The van der Waals surface area contributed by atoms with Gasteiger partial charge < -0.3 is 14.5 Å². The van der Waals surface area contributed by atoms with E-state index in [2.05, 4.69) is 14.9 Å². The van der Waals surface area contributed by atoms with Gasteiger partial charge in [-0.25, -0.2) is 14.4 Å². The zero-order valence-corrected chi connectivity index (χ0v) is 21.6. The van der Waals surface area contributed by atoms with Gasteiger partial charge in [0, 0.05) is 36.6 Å². The Morgan fingerprint density at radius 2 is 1.92 bits per heavy atom. The van der Waals surface area contributed by atoms with Crippen molar-refractivity contribution >= 4 is 33.3 Å². The van der Waals surface area contributed by atoms with Crippen LogP contribution in [0.3, 0.4) is 0 Å². The monoisotopic (exact) mass is 548 g/mol. The van der Waals surface area contributed by atoms with E-state index in [9.17, 15) is 22.4 Å². The van der Waals surface area contributed by atoms with E-state index >= 15 is 0 Å². The molecule has 0 radical (unpaired) electrons. The Kier molecular flexibility index (Phi) is 6.54. The zero-order chi connectivity index (χ0) is 26.5. The fraction of sp³-hybridized carbons (Fsp3) is 0.519. The van der Waals surface area contributed by atoms with Gasteiger partial charge in [0.05, 0.1) is 25.0 Å². The lowest BCUT2D eigenvalue weighted by Gasteiger charge is -2.45. The molecule has 1 amide bonds. The van der Waals surface area contributed by atoms with Crippen molar-refractivity contribution in [3.05, 3.63) is 52.4 Å². The summed E-state index contributed by atoms with van der Waals surface area (Å²) in [6.45, 7) is 3.62. The molecule has 1 saturated carbocycles. The minimum absolute atomic E-state index is 0.121. The summed E-state index contributed by atoms with van der Waals surface area (Å²) in [5.74, 6) is 0.553. The van der Waals surface area contributed by atoms with Gasteiger partial charge in [-0.15, -0.1) is 11.3 Å². The third-order valence-electron chi connectivity index (χ3n) is 8.02. The number of halogens is 4. The van der Waals surface area contributed by atoms with Gasteiger partial charge in [-0.2, -0.15) is 13.2 Å². The van der Waals surface area contributed by atoms with Crippen LogP contribution < -0.4 is 4.90 Å². The van der Waals surface area contributed by atoms with E-state index in [4.69, 9.17) is 4.74 Å². The number of rotatable bonds is 5. The van der Waals surface area contributed by atoms with Crippen molar-refractivity contribution < 1.29 is 27.1 Å². The van der Waals surface area contributed by atoms with E-state index in [0.29, 0.717) is 65.8 Å². The largest absolute Gasteiger partial charge is 0.393 e. The highest BCUT2D eigenvalue weighted by molar-refractivity contribution is 7.18. The highest BCUT2D eigenvalue weighted by Crippen LogP contribution is 2.53. The summed E-state index contributed by atoms with van der Waals surface area (Å²) in [4.78, 5) is 26.0. The number of amides is 1. The number of carbonyl (C=O) groups excluding carboxylic acids is 1. The van der Waals surface area contributed by atoms with Gasteiger partial charge >= 0.3 is 6.18 Å². The van der Waals surface area contributed by atoms with E-state index in [0.717, 1.165) is 43.7 Å². The first-order valence-corrected chi connectivity index (χ1v) is 13.7. The van der Waals surface area contributed by atoms with Gasteiger partial charge in [-0.05, 0) is 60.8 Å². The lowest BCUT2D eigenvalue weighted by atomic mass is 9.60. The van der Waals surface area contributed by atoms with Gasteiger partial charge in [0.1, 0.15) is 22.8 Å². The van der Waals surface area contributed by atoms with Crippen molar-refractivity contribution in [3.63, 3.8) is 0 Å².